The molecule has 9 heteroatoms. The van der Waals surface area contributed by atoms with Crippen LogP contribution >= 0.6 is 11.6 Å². The van der Waals surface area contributed by atoms with Crippen LogP contribution in [-0.2, 0) is 20.0 Å². The zero-order chi connectivity index (χ0) is 21.5. The number of hydrogen-bond acceptors (Lipinski definition) is 4. The first kappa shape index (κ1) is 20.7. The standard InChI is InChI=1S/C21H19ClN2O4S2/c1-16-6-2-5-9-21(16)30(27,28)24-15-14-23(19-7-3-4-8-20(19)24)29(25,26)18-12-10-17(22)11-13-18/h2-13H,14-15H2,1H3. The molecule has 1 aliphatic rings. The highest BCUT2D eigenvalue weighted by Crippen LogP contribution is 2.39. The average Bonchev–Trinajstić information content (AvgIpc) is 2.73. The van der Waals surface area contributed by atoms with Crippen LogP contribution in [0.1, 0.15) is 5.56 Å². The van der Waals surface area contributed by atoms with Gasteiger partial charge in [0.25, 0.3) is 20.0 Å². The van der Waals surface area contributed by atoms with Crippen LogP contribution in [0, 0.1) is 6.92 Å². The molecule has 0 radical (unpaired) electrons. The number of rotatable bonds is 4. The predicted molar refractivity (Wildman–Crippen MR) is 118 cm³/mol. The van der Waals surface area contributed by atoms with Gasteiger partial charge in [0, 0.05) is 5.02 Å². The van der Waals surface area contributed by atoms with E-state index in [9.17, 15) is 16.8 Å². The van der Waals surface area contributed by atoms with Crippen molar-refractivity contribution in [2.45, 2.75) is 16.7 Å². The van der Waals surface area contributed by atoms with Crippen LogP contribution in [0.25, 0.3) is 0 Å². The summed E-state index contributed by atoms with van der Waals surface area (Å²) in [5.41, 5.74) is 1.27. The number of fused-ring (bicyclic) bond motifs is 1. The number of sulfonamides is 2. The van der Waals surface area contributed by atoms with E-state index < -0.39 is 20.0 Å². The number of aryl methyl sites for hydroxylation is 1. The second-order valence-corrected chi connectivity index (χ2v) is 11.0. The van der Waals surface area contributed by atoms with Crippen molar-refractivity contribution in [1.29, 1.82) is 0 Å². The van der Waals surface area contributed by atoms with Crippen LogP contribution < -0.4 is 8.61 Å². The van der Waals surface area contributed by atoms with E-state index in [1.54, 1.807) is 55.5 Å². The molecule has 3 aromatic carbocycles. The Hall–Kier alpha value is -2.55. The molecule has 0 fully saturated rings. The van der Waals surface area contributed by atoms with Crippen molar-refractivity contribution in [3.05, 3.63) is 83.4 Å². The van der Waals surface area contributed by atoms with E-state index in [0.29, 0.717) is 22.0 Å². The third-order valence-corrected chi connectivity index (χ3v) is 9.04. The number of nitrogens with zero attached hydrogens (tertiary/aromatic N) is 2. The quantitative estimate of drug-likeness (QED) is 0.586. The minimum atomic E-state index is -3.88. The molecule has 1 aliphatic heterocycles. The second kappa shape index (κ2) is 7.61. The third-order valence-electron chi connectivity index (χ3n) is 4.99. The Balaban J connectivity index is 1.81. The van der Waals surface area contributed by atoms with Crippen LogP contribution in [0.4, 0.5) is 11.4 Å². The summed E-state index contributed by atoms with van der Waals surface area (Å²) in [5, 5.41) is 0.434. The Morgan fingerprint density at radius 3 is 1.77 bits per heavy atom. The molecular weight excluding hydrogens is 444 g/mol. The van der Waals surface area contributed by atoms with Crippen LogP contribution in [-0.4, -0.2) is 29.9 Å². The molecule has 156 valence electrons. The van der Waals surface area contributed by atoms with Crippen molar-refractivity contribution >= 4 is 43.0 Å². The maximum atomic E-state index is 13.4. The molecule has 0 atom stereocenters. The first-order chi connectivity index (χ1) is 14.2. The van der Waals surface area contributed by atoms with Gasteiger partial charge in [-0.25, -0.2) is 16.8 Å². The number of para-hydroxylation sites is 2. The molecule has 0 amide bonds. The van der Waals surface area contributed by atoms with Crippen molar-refractivity contribution in [3.63, 3.8) is 0 Å². The number of hydrogen-bond donors (Lipinski definition) is 0. The third kappa shape index (κ3) is 3.45. The van der Waals surface area contributed by atoms with Crippen molar-refractivity contribution in [2.24, 2.45) is 0 Å². The van der Waals surface area contributed by atoms with Gasteiger partial charge in [-0.05, 0) is 55.0 Å². The van der Waals surface area contributed by atoms with Crippen molar-refractivity contribution in [3.8, 4) is 0 Å². The number of anilines is 2. The Bertz CT molecular complexity index is 1310. The van der Waals surface area contributed by atoms with Crippen molar-refractivity contribution < 1.29 is 16.8 Å². The molecule has 0 saturated carbocycles. The molecule has 0 unspecified atom stereocenters. The van der Waals surface area contributed by atoms with Gasteiger partial charge in [-0.15, -0.1) is 0 Å². The van der Waals surface area contributed by atoms with Crippen LogP contribution in [0.3, 0.4) is 0 Å². The van der Waals surface area contributed by atoms with Gasteiger partial charge in [0.1, 0.15) is 0 Å². The van der Waals surface area contributed by atoms with Gasteiger partial charge < -0.3 is 0 Å². The SMILES string of the molecule is Cc1ccccc1S(=O)(=O)N1CCN(S(=O)(=O)c2ccc(Cl)cc2)c2ccccc21. The summed E-state index contributed by atoms with van der Waals surface area (Å²) in [4.78, 5) is 0.297. The fourth-order valence-corrected chi connectivity index (χ4v) is 6.80. The van der Waals surface area contributed by atoms with Crippen LogP contribution in [0.5, 0.6) is 0 Å². The van der Waals surface area contributed by atoms with Gasteiger partial charge in [0.05, 0.1) is 34.3 Å². The van der Waals surface area contributed by atoms with Crippen molar-refractivity contribution in [2.75, 3.05) is 21.7 Å². The molecule has 1 heterocycles. The van der Waals surface area contributed by atoms with Crippen molar-refractivity contribution in [1.82, 2.24) is 0 Å². The minimum Gasteiger partial charge on any atom is -0.262 e. The van der Waals surface area contributed by atoms with Gasteiger partial charge in [-0.1, -0.05) is 41.9 Å². The average molecular weight is 463 g/mol. The monoisotopic (exact) mass is 462 g/mol. The molecule has 0 bridgehead atoms. The fraction of sp³-hybridized carbons (Fsp3) is 0.143. The number of benzene rings is 3. The van der Waals surface area contributed by atoms with E-state index >= 15 is 0 Å². The Kier molecular flexibility index (Phi) is 5.25. The summed E-state index contributed by atoms with van der Waals surface area (Å²) < 4.78 is 55.8. The molecule has 4 rings (SSSR count). The first-order valence-electron chi connectivity index (χ1n) is 9.18. The van der Waals surface area contributed by atoms with Crippen LogP contribution in [0.15, 0.2) is 82.6 Å². The van der Waals surface area contributed by atoms with E-state index in [2.05, 4.69) is 0 Å². The molecule has 6 nitrogen and oxygen atoms in total. The zero-order valence-electron chi connectivity index (χ0n) is 16.1. The highest BCUT2D eigenvalue weighted by molar-refractivity contribution is 7.93. The molecule has 0 saturated heterocycles. The Labute approximate surface area is 181 Å². The van der Waals surface area contributed by atoms with Gasteiger partial charge in [0.15, 0.2) is 0 Å². The Morgan fingerprint density at radius 1 is 0.700 bits per heavy atom. The maximum absolute atomic E-state index is 13.4. The molecule has 3 aromatic rings. The molecule has 0 N–H and O–H groups in total. The molecule has 0 spiro atoms. The summed E-state index contributed by atoms with van der Waals surface area (Å²) in [5.74, 6) is 0. The largest absolute Gasteiger partial charge is 0.264 e. The molecule has 0 aromatic heterocycles. The van der Waals surface area contributed by atoms with Gasteiger partial charge in [0.2, 0.25) is 0 Å². The zero-order valence-corrected chi connectivity index (χ0v) is 18.5. The lowest BCUT2D eigenvalue weighted by Gasteiger charge is -2.37. The minimum absolute atomic E-state index is 0.000497. The van der Waals surface area contributed by atoms with E-state index in [1.807, 2.05) is 0 Å². The molecular formula is C21H19ClN2O4S2. The van der Waals surface area contributed by atoms with E-state index in [4.69, 9.17) is 11.6 Å². The molecule has 30 heavy (non-hydrogen) atoms. The van der Waals surface area contributed by atoms with Gasteiger partial charge in [-0.2, -0.15) is 0 Å². The normalized spacial score (nSPS) is 14.5. The summed E-state index contributed by atoms with van der Waals surface area (Å²) in [6, 6.07) is 19.3. The molecule has 0 aliphatic carbocycles. The van der Waals surface area contributed by atoms with Crippen LogP contribution in [0.2, 0.25) is 5.02 Å². The first-order valence-corrected chi connectivity index (χ1v) is 12.4. The van der Waals surface area contributed by atoms with E-state index in [-0.39, 0.29) is 22.9 Å². The highest BCUT2D eigenvalue weighted by Gasteiger charge is 2.37. The van der Waals surface area contributed by atoms with Gasteiger partial charge in [-0.3, -0.25) is 8.61 Å². The summed E-state index contributed by atoms with van der Waals surface area (Å²) in [6.07, 6.45) is 0. The summed E-state index contributed by atoms with van der Waals surface area (Å²) in [7, 11) is -7.73. The Morgan fingerprint density at radius 2 is 1.20 bits per heavy atom. The topological polar surface area (TPSA) is 74.8 Å². The van der Waals surface area contributed by atoms with E-state index in [1.165, 1.54) is 32.9 Å². The summed E-state index contributed by atoms with van der Waals surface area (Å²) >= 11 is 5.89. The highest BCUT2D eigenvalue weighted by atomic mass is 35.5. The predicted octanol–water partition coefficient (Wildman–Crippen LogP) is 4.05. The number of halogens is 1. The second-order valence-electron chi connectivity index (χ2n) is 6.86. The lowest BCUT2D eigenvalue weighted by atomic mass is 10.2. The fourth-order valence-electron chi connectivity index (χ4n) is 3.51. The lowest BCUT2D eigenvalue weighted by molar-refractivity contribution is 0.581. The smallest absolute Gasteiger partial charge is 0.262 e. The lowest BCUT2D eigenvalue weighted by Crippen LogP contribution is -2.46. The van der Waals surface area contributed by atoms with E-state index in [0.717, 1.165) is 0 Å². The maximum Gasteiger partial charge on any atom is 0.264 e. The summed E-state index contributed by atoms with van der Waals surface area (Å²) in [6.45, 7) is 1.73. The van der Waals surface area contributed by atoms with Gasteiger partial charge >= 0.3 is 0 Å².